The number of rotatable bonds is 4. The van der Waals surface area contributed by atoms with Crippen molar-refractivity contribution in [2.24, 2.45) is 11.7 Å². The first-order valence-corrected chi connectivity index (χ1v) is 6.73. The van der Waals surface area contributed by atoms with Crippen molar-refractivity contribution in [3.05, 3.63) is 35.2 Å². The first kappa shape index (κ1) is 13.7. The Bertz CT molecular complexity index is 570. The average Bonchev–Trinajstić information content (AvgIpc) is 2.75. The highest BCUT2D eigenvalue weighted by Crippen LogP contribution is 2.25. The molecule has 0 amide bonds. The van der Waals surface area contributed by atoms with Crippen LogP contribution in [0.3, 0.4) is 0 Å². The molecule has 2 aromatic rings. The Labute approximate surface area is 114 Å². The van der Waals surface area contributed by atoms with Gasteiger partial charge in [0.15, 0.2) is 5.82 Å². The van der Waals surface area contributed by atoms with Crippen LogP contribution in [0.25, 0.3) is 11.4 Å². The van der Waals surface area contributed by atoms with Crippen LogP contribution >= 0.6 is 0 Å². The van der Waals surface area contributed by atoms with E-state index in [1.165, 1.54) is 11.1 Å². The van der Waals surface area contributed by atoms with Gasteiger partial charge < -0.3 is 10.3 Å². The second-order valence-electron chi connectivity index (χ2n) is 5.40. The summed E-state index contributed by atoms with van der Waals surface area (Å²) in [6.07, 6.45) is 0. The molecule has 1 aromatic heterocycles. The van der Waals surface area contributed by atoms with E-state index in [4.69, 9.17) is 5.73 Å². The lowest BCUT2D eigenvalue weighted by atomic mass is 10.0. The lowest BCUT2D eigenvalue weighted by Crippen LogP contribution is -2.13. The topological polar surface area (TPSA) is 56.7 Å². The lowest BCUT2D eigenvalue weighted by molar-refractivity contribution is 0.510. The molecule has 0 saturated carbocycles. The Hall–Kier alpha value is -1.68. The van der Waals surface area contributed by atoms with Gasteiger partial charge >= 0.3 is 0 Å². The van der Waals surface area contributed by atoms with Crippen LogP contribution in [0.2, 0.25) is 0 Å². The van der Waals surface area contributed by atoms with Crippen LogP contribution in [0, 0.1) is 19.8 Å². The number of nitrogens with zero attached hydrogens (tertiary/aromatic N) is 3. The zero-order valence-corrected chi connectivity index (χ0v) is 12.1. The molecule has 0 bridgehead atoms. The van der Waals surface area contributed by atoms with Gasteiger partial charge in [0.2, 0.25) is 0 Å². The van der Waals surface area contributed by atoms with Gasteiger partial charge in [-0.15, -0.1) is 10.2 Å². The Morgan fingerprint density at radius 3 is 2.58 bits per heavy atom. The third-order valence-electron chi connectivity index (χ3n) is 3.40. The molecule has 0 fully saturated rings. The Morgan fingerprint density at radius 1 is 1.21 bits per heavy atom. The fourth-order valence-electron chi connectivity index (χ4n) is 2.24. The summed E-state index contributed by atoms with van der Waals surface area (Å²) >= 11 is 0. The van der Waals surface area contributed by atoms with Crippen molar-refractivity contribution in [3.63, 3.8) is 0 Å². The van der Waals surface area contributed by atoms with E-state index in [2.05, 4.69) is 60.7 Å². The molecule has 0 aliphatic carbocycles. The van der Waals surface area contributed by atoms with Crippen molar-refractivity contribution in [2.75, 3.05) is 0 Å². The van der Waals surface area contributed by atoms with Crippen LogP contribution in [0.5, 0.6) is 0 Å². The maximum absolute atomic E-state index is 5.76. The predicted molar refractivity (Wildman–Crippen MR) is 77.7 cm³/mol. The Morgan fingerprint density at radius 2 is 1.95 bits per heavy atom. The minimum Gasteiger partial charge on any atom is -0.324 e. The molecule has 0 unspecified atom stereocenters. The summed E-state index contributed by atoms with van der Waals surface area (Å²) in [6.45, 7) is 9.93. The van der Waals surface area contributed by atoms with E-state index in [1.807, 2.05) is 0 Å². The summed E-state index contributed by atoms with van der Waals surface area (Å²) in [6, 6.07) is 6.28. The average molecular weight is 258 g/mol. The molecule has 2 rings (SSSR count). The highest BCUT2D eigenvalue weighted by molar-refractivity contribution is 5.62. The quantitative estimate of drug-likeness (QED) is 0.917. The summed E-state index contributed by atoms with van der Waals surface area (Å²) < 4.78 is 2.15. The molecule has 0 saturated heterocycles. The first-order valence-electron chi connectivity index (χ1n) is 6.73. The van der Waals surface area contributed by atoms with Crippen molar-refractivity contribution in [1.82, 2.24) is 14.8 Å². The van der Waals surface area contributed by atoms with Gasteiger partial charge in [0.05, 0.1) is 6.54 Å². The largest absolute Gasteiger partial charge is 0.324 e. The van der Waals surface area contributed by atoms with Gasteiger partial charge in [0.25, 0.3) is 0 Å². The molecular formula is C15H22N4. The lowest BCUT2D eigenvalue weighted by Gasteiger charge is -2.14. The van der Waals surface area contributed by atoms with Gasteiger partial charge in [-0.3, -0.25) is 0 Å². The van der Waals surface area contributed by atoms with E-state index in [1.54, 1.807) is 0 Å². The van der Waals surface area contributed by atoms with Gasteiger partial charge in [-0.1, -0.05) is 32.0 Å². The van der Waals surface area contributed by atoms with Gasteiger partial charge in [-0.2, -0.15) is 0 Å². The van der Waals surface area contributed by atoms with Crippen molar-refractivity contribution in [2.45, 2.75) is 40.8 Å². The Kier molecular flexibility index (Phi) is 4.00. The zero-order valence-electron chi connectivity index (χ0n) is 12.1. The number of nitrogens with two attached hydrogens (primary N) is 1. The standard InChI is InChI=1S/C15H22N4/c1-10(2)9-19-14(8-16)17-18-15(19)13-7-5-6-11(3)12(13)4/h5-7,10H,8-9,16H2,1-4H3. The van der Waals surface area contributed by atoms with Gasteiger partial charge in [0, 0.05) is 12.1 Å². The van der Waals surface area contributed by atoms with E-state index >= 15 is 0 Å². The summed E-state index contributed by atoms with van der Waals surface area (Å²) in [7, 11) is 0. The SMILES string of the molecule is Cc1cccc(-c2nnc(CN)n2CC(C)C)c1C. The summed E-state index contributed by atoms with van der Waals surface area (Å²) in [5.74, 6) is 2.31. The van der Waals surface area contributed by atoms with Gasteiger partial charge in [-0.05, 0) is 30.9 Å². The van der Waals surface area contributed by atoms with Crippen LogP contribution in [0.4, 0.5) is 0 Å². The van der Waals surface area contributed by atoms with Crippen LogP contribution < -0.4 is 5.73 Å². The molecule has 0 aliphatic rings. The van der Waals surface area contributed by atoms with Crippen molar-refractivity contribution < 1.29 is 0 Å². The number of hydrogen-bond donors (Lipinski definition) is 1. The number of aromatic nitrogens is 3. The third-order valence-corrected chi connectivity index (χ3v) is 3.40. The normalized spacial score (nSPS) is 11.3. The second kappa shape index (κ2) is 5.53. The third kappa shape index (κ3) is 2.68. The van der Waals surface area contributed by atoms with Crippen LogP contribution in [0.15, 0.2) is 18.2 Å². The molecule has 0 radical (unpaired) electrons. The maximum atomic E-state index is 5.76. The van der Waals surface area contributed by atoms with Gasteiger partial charge in [-0.25, -0.2) is 0 Å². The minimum absolute atomic E-state index is 0.421. The highest BCUT2D eigenvalue weighted by Gasteiger charge is 2.15. The highest BCUT2D eigenvalue weighted by atomic mass is 15.3. The Balaban J connectivity index is 2.55. The van der Waals surface area contributed by atoms with E-state index in [9.17, 15) is 0 Å². The molecule has 4 nitrogen and oxygen atoms in total. The number of hydrogen-bond acceptors (Lipinski definition) is 3. The van der Waals surface area contributed by atoms with Crippen LogP contribution in [-0.2, 0) is 13.1 Å². The van der Waals surface area contributed by atoms with E-state index in [-0.39, 0.29) is 0 Å². The molecule has 1 aromatic carbocycles. The summed E-state index contributed by atoms with van der Waals surface area (Å²) in [5, 5.41) is 8.57. The first-order chi connectivity index (χ1) is 9.04. The summed E-state index contributed by atoms with van der Waals surface area (Å²) in [4.78, 5) is 0. The van der Waals surface area contributed by atoms with E-state index in [0.29, 0.717) is 12.5 Å². The van der Waals surface area contributed by atoms with E-state index in [0.717, 1.165) is 23.8 Å². The molecule has 19 heavy (non-hydrogen) atoms. The molecule has 0 aliphatic heterocycles. The second-order valence-corrected chi connectivity index (χ2v) is 5.40. The number of benzene rings is 1. The molecule has 0 spiro atoms. The fourth-order valence-corrected chi connectivity index (χ4v) is 2.24. The monoisotopic (exact) mass is 258 g/mol. The number of aryl methyl sites for hydroxylation is 1. The van der Waals surface area contributed by atoms with Gasteiger partial charge in [0.1, 0.15) is 5.82 Å². The molecule has 1 heterocycles. The van der Waals surface area contributed by atoms with Crippen molar-refractivity contribution >= 4 is 0 Å². The molecule has 4 heteroatoms. The van der Waals surface area contributed by atoms with Crippen molar-refractivity contribution in [3.8, 4) is 11.4 Å². The van der Waals surface area contributed by atoms with Crippen LogP contribution in [0.1, 0.15) is 30.8 Å². The van der Waals surface area contributed by atoms with Crippen molar-refractivity contribution in [1.29, 1.82) is 0 Å². The fraction of sp³-hybridized carbons (Fsp3) is 0.467. The molecule has 102 valence electrons. The van der Waals surface area contributed by atoms with E-state index < -0.39 is 0 Å². The predicted octanol–water partition coefficient (Wildman–Crippen LogP) is 2.68. The van der Waals surface area contributed by atoms with Crippen LogP contribution in [-0.4, -0.2) is 14.8 Å². The molecular weight excluding hydrogens is 236 g/mol. The maximum Gasteiger partial charge on any atom is 0.164 e. The zero-order chi connectivity index (χ0) is 14.0. The minimum atomic E-state index is 0.421. The molecule has 0 atom stereocenters. The molecule has 2 N–H and O–H groups in total. The smallest absolute Gasteiger partial charge is 0.164 e. The summed E-state index contributed by atoms with van der Waals surface area (Å²) in [5.41, 5.74) is 9.43.